The van der Waals surface area contributed by atoms with E-state index < -0.39 is 17.1 Å². The van der Waals surface area contributed by atoms with E-state index in [9.17, 15) is 9.59 Å². The largest absolute Gasteiger partial charge is 0.480 e. The first-order valence-electron chi connectivity index (χ1n) is 5.33. The summed E-state index contributed by atoms with van der Waals surface area (Å²) in [5.41, 5.74) is 0. The van der Waals surface area contributed by atoms with E-state index in [2.05, 4.69) is 17.7 Å². The Morgan fingerprint density at radius 3 is 3.06 bits per heavy atom. The van der Waals surface area contributed by atoms with Gasteiger partial charge in [-0.3, -0.25) is 26.9 Å². The molecule has 3 fully saturated rings. The fourth-order valence-electron chi connectivity index (χ4n) is 2.56. The van der Waals surface area contributed by atoms with Crippen LogP contribution >= 0.6 is 11.8 Å². The Balaban J connectivity index is 0.00000120. The smallest absolute Gasteiger partial charge is 0.321 e. The second kappa shape index (κ2) is 4.70. The Hall–Kier alpha value is -0.246. The van der Waals surface area contributed by atoms with Crippen molar-refractivity contribution in [3.63, 3.8) is 0 Å². The van der Waals surface area contributed by atoms with Gasteiger partial charge in [0.05, 0.1) is 6.67 Å². The van der Waals surface area contributed by atoms with Crippen LogP contribution in [0.25, 0.3) is 0 Å². The molecule has 3 rings (SSSR count). The number of rotatable bonds is 3. The molecule has 3 atom stereocenters. The first-order chi connectivity index (χ1) is 8.10. The summed E-state index contributed by atoms with van der Waals surface area (Å²) >= 11 is 1.47. The molecule has 0 aliphatic carbocycles. The standard InChI is InChI=1S/C9H13N4O3S.V/c1-10-2-5-7(14)13-4-12-6(8(15)16)3-17-9(12,13)11-5;/h5-6,10-11H,1-4H2,(H,15,16);/q-1;. The minimum absolute atomic E-state index is 0. The summed E-state index contributed by atoms with van der Waals surface area (Å²) in [4.78, 5) is 26.6. The van der Waals surface area contributed by atoms with Crippen molar-refractivity contribution in [3.05, 3.63) is 7.05 Å². The van der Waals surface area contributed by atoms with Crippen LogP contribution < -0.4 is 10.6 Å². The Labute approximate surface area is 121 Å². The van der Waals surface area contributed by atoms with Gasteiger partial charge in [0.1, 0.15) is 12.1 Å². The van der Waals surface area contributed by atoms with E-state index >= 15 is 0 Å². The van der Waals surface area contributed by atoms with Crippen LogP contribution in [0.1, 0.15) is 0 Å². The first-order valence-corrected chi connectivity index (χ1v) is 6.31. The normalized spacial score (nSPS) is 37.8. The van der Waals surface area contributed by atoms with Gasteiger partial charge in [0.25, 0.3) is 0 Å². The van der Waals surface area contributed by atoms with E-state index in [1.807, 2.05) is 4.90 Å². The zero-order chi connectivity index (χ0) is 12.2. The van der Waals surface area contributed by atoms with Gasteiger partial charge >= 0.3 is 5.97 Å². The van der Waals surface area contributed by atoms with E-state index in [1.165, 1.54) is 11.8 Å². The minimum Gasteiger partial charge on any atom is -0.480 e. The summed E-state index contributed by atoms with van der Waals surface area (Å²) in [6.45, 7) is 0.840. The van der Waals surface area contributed by atoms with E-state index in [0.29, 0.717) is 19.0 Å². The van der Waals surface area contributed by atoms with E-state index in [1.54, 1.807) is 4.90 Å². The summed E-state index contributed by atoms with van der Waals surface area (Å²) in [6.07, 6.45) is 0. The van der Waals surface area contributed by atoms with Crippen molar-refractivity contribution in [2.45, 2.75) is 17.2 Å². The van der Waals surface area contributed by atoms with Gasteiger partial charge < -0.3 is 10.4 Å². The minimum atomic E-state index is -0.831. The van der Waals surface area contributed by atoms with Crippen LogP contribution in [0, 0.1) is 7.05 Å². The van der Waals surface area contributed by atoms with E-state index in [-0.39, 0.29) is 30.5 Å². The maximum atomic E-state index is 12.0. The molecule has 1 amide bonds. The van der Waals surface area contributed by atoms with Crippen LogP contribution in [0.15, 0.2) is 0 Å². The number of thioether (sulfide) groups is 1. The molecular weight excluding hydrogens is 295 g/mol. The zero-order valence-electron chi connectivity index (χ0n) is 9.50. The van der Waals surface area contributed by atoms with Crippen LogP contribution in [0.3, 0.4) is 0 Å². The topological polar surface area (TPSA) is 84.9 Å². The van der Waals surface area contributed by atoms with Gasteiger partial charge in [-0.2, -0.15) is 0 Å². The third kappa shape index (κ3) is 1.64. The van der Waals surface area contributed by atoms with Gasteiger partial charge in [-0.1, -0.05) is 11.8 Å². The molecule has 3 saturated heterocycles. The predicted molar refractivity (Wildman–Crippen MR) is 60.4 cm³/mol. The molecule has 1 radical (unpaired) electrons. The van der Waals surface area contributed by atoms with Gasteiger partial charge in [0.2, 0.25) is 11.0 Å². The number of nitrogens with one attached hydrogen (secondary N) is 2. The van der Waals surface area contributed by atoms with Crippen molar-refractivity contribution < 1.29 is 33.3 Å². The molecule has 3 aliphatic rings. The average molecular weight is 308 g/mol. The van der Waals surface area contributed by atoms with E-state index in [0.717, 1.165) is 0 Å². The molecule has 18 heavy (non-hydrogen) atoms. The molecule has 0 aromatic heterocycles. The van der Waals surface area contributed by atoms with Crippen LogP contribution in [0.5, 0.6) is 0 Å². The number of carbonyl (C=O) groups excluding carboxylic acids is 1. The maximum absolute atomic E-state index is 12.0. The third-order valence-corrected chi connectivity index (χ3v) is 4.89. The summed E-state index contributed by atoms with van der Waals surface area (Å²) in [7, 11) is 3.51. The van der Waals surface area contributed by atoms with E-state index in [4.69, 9.17) is 5.11 Å². The summed E-state index contributed by atoms with van der Waals surface area (Å²) < 4.78 is 0. The summed E-state index contributed by atoms with van der Waals surface area (Å²) in [5.74, 6) is -0.325. The van der Waals surface area contributed by atoms with Crippen molar-refractivity contribution in [2.24, 2.45) is 0 Å². The second-order valence-corrected chi connectivity index (χ2v) is 5.49. The van der Waals surface area contributed by atoms with Crippen molar-refractivity contribution >= 4 is 23.6 Å². The van der Waals surface area contributed by atoms with Crippen LogP contribution in [0.4, 0.5) is 0 Å². The van der Waals surface area contributed by atoms with Crippen molar-refractivity contribution in [1.82, 2.24) is 20.4 Å². The third-order valence-electron chi connectivity index (χ3n) is 3.43. The molecule has 0 saturated carbocycles. The molecule has 9 heteroatoms. The SMILES string of the molecule is [CH2-]NCC1NC23SCC(C(=O)O)N2CN3C1=O.[V]. The molecule has 1 spiro atoms. The van der Waals surface area contributed by atoms with Crippen molar-refractivity contribution in [1.29, 1.82) is 0 Å². The monoisotopic (exact) mass is 308 g/mol. The van der Waals surface area contributed by atoms with Gasteiger partial charge in [0, 0.05) is 24.3 Å². The predicted octanol–water partition coefficient (Wildman–Crippen LogP) is -1.75. The van der Waals surface area contributed by atoms with Crippen LogP contribution in [0.2, 0.25) is 0 Å². The average Bonchev–Trinajstić information content (AvgIpc) is 2.63. The molecule has 7 nitrogen and oxygen atoms in total. The first kappa shape index (κ1) is 14.2. The van der Waals surface area contributed by atoms with Gasteiger partial charge in [-0.05, 0) is 6.54 Å². The van der Waals surface area contributed by atoms with Crippen LogP contribution in [-0.4, -0.2) is 63.0 Å². The van der Waals surface area contributed by atoms with Gasteiger partial charge in [-0.25, -0.2) is 4.90 Å². The molecule has 3 heterocycles. The van der Waals surface area contributed by atoms with Crippen molar-refractivity contribution in [2.75, 3.05) is 19.0 Å². The van der Waals surface area contributed by atoms with Gasteiger partial charge in [-0.15, -0.1) is 0 Å². The molecule has 0 aromatic carbocycles. The number of carbonyl (C=O) groups is 2. The quantitative estimate of drug-likeness (QED) is 0.533. The Morgan fingerprint density at radius 2 is 2.44 bits per heavy atom. The molecule has 3 N–H and O–H groups in total. The molecule has 99 valence electrons. The number of amides is 1. The number of hydrogen-bond acceptors (Lipinski definition) is 6. The Kier molecular flexibility index (Phi) is 3.70. The molecular formula is C9H13N4O3SV-. The van der Waals surface area contributed by atoms with Crippen LogP contribution in [-0.2, 0) is 28.1 Å². The fourth-order valence-corrected chi connectivity index (χ4v) is 4.16. The maximum Gasteiger partial charge on any atom is 0.321 e. The molecule has 0 bridgehead atoms. The number of carboxylic acids is 1. The Morgan fingerprint density at radius 1 is 1.72 bits per heavy atom. The number of hydrogen-bond donors (Lipinski definition) is 3. The number of carboxylic acid groups (broad SMARTS) is 1. The Bertz CT molecular complexity index is 398. The summed E-state index contributed by atoms with van der Waals surface area (Å²) in [6, 6.07) is -0.833. The number of aliphatic carboxylic acids is 1. The van der Waals surface area contributed by atoms with Crippen molar-refractivity contribution in [3.8, 4) is 0 Å². The molecule has 3 aliphatic heterocycles. The van der Waals surface area contributed by atoms with Gasteiger partial charge in [0.15, 0.2) is 0 Å². The fraction of sp³-hybridized carbons (Fsp3) is 0.667. The zero-order valence-corrected chi connectivity index (χ0v) is 11.7. The summed E-state index contributed by atoms with van der Waals surface area (Å²) in [5, 5.41) is 14.4. The molecule has 0 aromatic rings. The number of nitrogens with zero attached hydrogens (tertiary/aromatic N) is 2. The second-order valence-electron chi connectivity index (χ2n) is 4.30. The molecule has 3 unspecified atom stereocenters.